The highest BCUT2D eigenvalue weighted by molar-refractivity contribution is 6.74. The largest absolute Gasteiger partial charge is 0.493 e. The normalized spacial score (nSPS) is 14.0. The quantitative estimate of drug-likeness (QED) is 0.337. The summed E-state index contributed by atoms with van der Waals surface area (Å²) in [5, 5.41) is 7.17. The summed E-state index contributed by atoms with van der Waals surface area (Å²) < 4.78 is 26.0. The highest BCUT2D eigenvalue weighted by atomic mass is 28.4. The van der Waals surface area contributed by atoms with Crippen molar-refractivity contribution in [3.63, 3.8) is 0 Å². The fourth-order valence-corrected chi connectivity index (χ4v) is 4.76. The maximum Gasteiger partial charge on any atom is 0.257 e. The molecule has 2 heterocycles. The Hall–Kier alpha value is -3.30. The Kier molecular flexibility index (Phi) is 7.66. The van der Waals surface area contributed by atoms with Crippen molar-refractivity contribution >= 4 is 20.0 Å². The first-order chi connectivity index (χ1) is 17.4. The summed E-state index contributed by atoms with van der Waals surface area (Å²) in [4.78, 5) is 13.1. The van der Waals surface area contributed by atoms with Gasteiger partial charge in [-0.1, -0.05) is 20.8 Å². The van der Waals surface area contributed by atoms with E-state index in [1.54, 1.807) is 42.2 Å². The molecule has 1 aliphatic rings. The second-order valence-corrected chi connectivity index (χ2v) is 15.8. The first-order valence-corrected chi connectivity index (χ1v) is 15.5. The first-order valence-electron chi connectivity index (χ1n) is 12.6. The van der Waals surface area contributed by atoms with Crippen LogP contribution in [0.15, 0.2) is 48.7 Å². The third kappa shape index (κ3) is 6.72. The van der Waals surface area contributed by atoms with Crippen molar-refractivity contribution in [1.82, 2.24) is 9.78 Å². The van der Waals surface area contributed by atoms with E-state index >= 15 is 0 Å². The molecule has 1 aromatic heterocycles. The van der Waals surface area contributed by atoms with Crippen LogP contribution in [0, 0.1) is 0 Å². The Bertz CT molecular complexity index is 1260. The van der Waals surface area contributed by atoms with Gasteiger partial charge >= 0.3 is 0 Å². The topological polar surface area (TPSA) is 83.8 Å². The molecular formula is C28H37N3O5Si. The Balaban J connectivity index is 1.54. The molecule has 0 aliphatic carbocycles. The Morgan fingerprint density at radius 2 is 1.89 bits per heavy atom. The van der Waals surface area contributed by atoms with Gasteiger partial charge in [0, 0.05) is 42.9 Å². The smallest absolute Gasteiger partial charge is 0.257 e. The zero-order valence-electron chi connectivity index (χ0n) is 22.8. The lowest BCUT2D eigenvalue weighted by molar-refractivity contribution is 0.102. The fraction of sp³-hybridized carbons (Fsp3) is 0.429. The summed E-state index contributed by atoms with van der Waals surface area (Å²) in [7, 11) is -0.117. The van der Waals surface area contributed by atoms with Gasteiger partial charge in [0.15, 0.2) is 14.1 Å². The van der Waals surface area contributed by atoms with Crippen LogP contribution in [0.3, 0.4) is 0 Å². The van der Waals surface area contributed by atoms with Gasteiger partial charge in [-0.25, -0.2) is 0 Å². The van der Waals surface area contributed by atoms with Crippen LogP contribution in [0.25, 0.3) is 0 Å². The molecule has 1 amide bonds. The van der Waals surface area contributed by atoms with Crippen molar-refractivity contribution in [2.75, 3.05) is 18.5 Å². The van der Waals surface area contributed by atoms with Crippen molar-refractivity contribution < 1.29 is 23.4 Å². The van der Waals surface area contributed by atoms with Crippen LogP contribution in [0.4, 0.5) is 5.82 Å². The summed E-state index contributed by atoms with van der Waals surface area (Å²) in [5.74, 6) is 2.75. The summed E-state index contributed by atoms with van der Waals surface area (Å²) >= 11 is 0. The second-order valence-electron chi connectivity index (χ2n) is 11.0. The number of anilines is 1. The van der Waals surface area contributed by atoms with E-state index < -0.39 is 8.32 Å². The molecule has 2 aromatic carbocycles. The molecule has 37 heavy (non-hydrogen) atoms. The summed E-state index contributed by atoms with van der Waals surface area (Å²) in [5.41, 5.74) is 1.51. The average molecular weight is 524 g/mol. The predicted octanol–water partition coefficient (Wildman–Crippen LogP) is 6.19. The van der Waals surface area contributed by atoms with Gasteiger partial charge in [-0.3, -0.25) is 9.48 Å². The molecule has 0 unspecified atom stereocenters. The molecule has 8 nitrogen and oxygen atoms in total. The molecule has 0 spiro atoms. The first kappa shape index (κ1) is 26.8. The monoisotopic (exact) mass is 523 g/mol. The maximum atomic E-state index is 13.1. The Labute approximate surface area is 220 Å². The van der Waals surface area contributed by atoms with Crippen molar-refractivity contribution in [3.05, 3.63) is 59.8 Å². The van der Waals surface area contributed by atoms with E-state index in [2.05, 4.69) is 44.3 Å². The van der Waals surface area contributed by atoms with Gasteiger partial charge in [-0.05, 0) is 55.4 Å². The summed E-state index contributed by atoms with van der Waals surface area (Å²) in [6.07, 6.45) is 2.40. The van der Waals surface area contributed by atoms with Crippen LogP contribution in [-0.2, 0) is 17.9 Å². The molecule has 0 bridgehead atoms. The highest BCUT2D eigenvalue weighted by Crippen LogP contribution is 2.37. The molecule has 0 fully saturated rings. The molecule has 198 valence electrons. The number of hydrogen-bond donors (Lipinski definition) is 1. The van der Waals surface area contributed by atoms with E-state index in [9.17, 15) is 4.79 Å². The number of rotatable bonds is 9. The third-order valence-electron chi connectivity index (χ3n) is 6.82. The predicted molar refractivity (Wildman–Crippen MR) is 147 cm³/mol. The number of aromatic nitrogens is 2. The van der Waals surface area contributed by atoms with Crippen molar-refractivity contribution in [1.29, 1.82) is 0 Å². The minimum atomic E-state index is -1.91. The molecule has 0 radical (unpaired) electrons. The van der Waals surface area contributed by atoms with Crippen LogP contribution in [0.2, 0.25) is 18.1 Å². The number of carbonyl (C=O) groups is 1. The minimum Gasteiger partial charge on any atom is -0.493 e. The molecule has 4 rings (SSSR count). The molecule has 1 aliphatic heterocycles. The van der Waals surface area contributed by atoms with Crippen LogP contribution in [0.1, 0.15) is 43.6 Å². The van der Waals surface area contributed by atoms with Gasteiger partial charge in [0.1, 0.15) is 29.1 Å². The third-order valence-corrected chi connectivity index (χ3v) is 11.3. The van der Waals surface area contributed by atoms with E-state index in [0.717, 1.165) is 17.7 Å². The van der Waals surface area contributed by atoms with Crippen LogP contribution >= 0.6 is 0 Å². The molecule has 1 atom stereocenters. The van der Waals surface area contributed by atoms with Gasteiger partial charge in [0.2, 0.25) is 0 Å². The fourth-order valence-electron chi connectivity index (χ4n) is 3.67. The highest BCUT2D eigenvalue weighted by Gasteiger charge is 2.37. The van der Waals surface area contributed by atoms with Gasteiger partial charge < -0.3 is 24.0 Å². The molecule has 0 saturated heterocycles. The van der Waals surface area contributed by atoms with Crippen LogP contribution in [-0.4, -0.2) is 43.3 Å². The zero-order valence-corrected chi connectivity index (χ0v) is 23.8. The lowest BCUT2D eigenvalue weighted by Gasteiger charge is -2.36. The van der Waals surface area contributed by atoms with Gasteiger partial charge in [0.25, 0.3) is 5.91 Å². The van der Waals surface area contributed by atoms with Crippen molar-refractivity contribution in [3.8, 4) is 23.0 Å². The van der Waals surface area contributed by atoms with E-state index in [0.29, 0.717) is 41.8 Å². The lowest BCUT2D eigenvalue weighted by Crippen LogP contribution is -2.43. The number of carbonyl (C=O) groups excluding carboxylic acids is 1. The van der Waals surface area contributed by atoms with Gasteiger partial charge in [-0.15, -0.1) is 0 Å². The summed E-state index contributed by atoms with van der Waals surface area (Å²) in [6.45, 7) is 14.2. The van der Waals surface area contributed by atoms with Crippen LogP contribution < -0.4 is 19.5 Å². The van der Waals surface area contributed by atoms with E-state index in [1.165, 1.54) is 0 Å². The summed E-state index contributed by atoms with van der Waals surface area (Å²) in [6, 6.07) is 12.7. The number of nitrogens with zero attached hydrogens (tertiary/aromatic N) is 2. The second kappa shape index (κ2) is 10.6. The molecular weight excluding hydrogens is 486 g/mol. The van der Waals surface area contributed by atoms with E-state index in [4.69, 9.17) is 18.6 Å². The van der Waals surface area contributed by atoms with Gasteiger partial charge in [0.05, 0.1) is 13.2 Å². The van der Waals surface area contributed by atoms with Crippen molar-refractivity contribution in [2.45, 2.75) is 58.4 Å². The SMILES string of the molecule is C[C@@H](CO[Si](C)(C)C(C)(C)C)Oc1cc(Oc2ccc3c(c2)CCO3)cc(C(=O)Nc2ccn(C)n2)c1. The maximum absolute atomic E-state index is 13.1. The number of nitrogens with one attached hydrogen (secondary N) is 1. The van der Waals surface area contributed by atoms with E-state index in [-0.39, 0.29) is 17.0 Å². The zero-order chi connectivity index (χ0) is 26.8. The molecule has 0 saturated carbocycles. The Morgan fingerprint density at radius 3 is 2.59 bits per heavy atom. The Morgan fingerprint density at radius 1 is 1.14 bits per heavy atom. The average Bonchev–Trinajstić information content (AvgIpc) is 3.45. The number of ether oxygens (including phenoxy) is 3. The number of benzene rings is 2. The number of amides is 1. The molecule has 9 heteroatoms. The number of aryl methyl sites for hydroxylation is 1. The lowest BCUT2D eigenvalue weighted by atomic mass is 10.1. The minimum absolute atomic E-state index is 0.109. The standard InChI is InChI=1S/C28H37N3O5Si/c1-19(18-34-37(6,7)28(2,3)4)35-23-15-21(27(32)29-26-10-12-31(5)30-26)16-24(17-23)36-22-8-9-25-20(14-22)11-13-33-25/h8-10,12,14-17,19H,11,13,18H2,1-7H3,(H,29,30,32)/t19-/m0/s1. The molecule has 1 N–H and O–H groups in total. The van der Waals surface area contributed by atoms with E-state index in [1.807, 2.05) is 25.1 Å². The number of fused-ring (bicyclic) bond motifs is 1. The molecule has 3 aromatic rings. The van der Waals surface area contributed by atoms with Gasteiger partial charge in [-0.2, -0.15) is 5.10 Å². The van der Waals surface area contributed by atoms with Crippen molar-refractivity contribution in [2.24, 2.45) is 7.05 Å². The van der Waals surface area contributed by atoms with Crippen LogP contribution in [0.5, 0.6) is 23.0 Å². The number of hydrogen-bond acceptors (Lipinski definition) is 6.